The van der Waals surface area contributed by atoms with Crippen LogP contribution in [0.25, 0.3) is 0 Å². The Kier molecular flexibility index (Phi) is 4.75. The van der Waals surface area contributed by atoms with Gasteiger partial charge in [0, 0.05) is 24.6 Å². The Morgan fingerprint density at radius 3 is 2.64 bits per heavy atom. The highest BCUT2D eigenvalue weighted by molar-refractivity contribution is 5.71. The largest absolute Gasteiger partial charge is 0.447 e. The van der Waals surface area contributed by atoms with E-state index in [9.17, 15) is 27.5 Å². The van der Waals surface area contributed by atoms with Crippen LogP contribution in [0.1, 0.15) is 24.0 Å². The highest BCUT2D eigenvalue weighted by Crippen LogP contribution is 2.43. The quantitative estimate of drug-likeness (QED) is 0.737. The van der Waals surface area contributed by atoms with Gasteiger partial charge in [0.25, 0.3) is 0 Å². The van der Waals surface area contributed by atoms with Crippen molar-refractivity contribution in [2.75, 3.05) is 19.7 Å². The first-order valence-electron chi connectivity index (χ1n) is 8.99. The molecule has 0 bridgehead atoms. The van der Waals surface area contributed by atoms with Gasteiger partial charge < -0.3 is 19.9 Å². The van der Waals surface area contributed by atoms with Crippen LogP contribution in [0.2, 0.25) is 0 Å². The number of aliphatic hydroxyl groups is 1. The number of alkyl halides is 3. The summed E-state index contributed by atoms with van der Waals surface area (Å²) >= 11 is 0. The number of cyclic esters (lactones) is 1. The highest BCUT2D eigenvalue weighted by Gasteiger charge is 2.54. The number of rotatable bonds is 5. The molecule has 1 spiro atoms. The normalized spacial score (nSPS) is 29.2. The maximum Gasteiger partial charge on any atom is 0.416 e. The lowest BCUT2D eigenvalue weighted by molar-refractivity contribution is -0.166. The molecule has 1 aromatic carbocycles. The van der Waals surface area contributed by atoms with E-state index in [0.717, 1.165) is 12.1 Å². The van der Waals surface area contributed by atoms with E-state index in [-0.39, 0.29) is 29.7 Å². The lowest BCUT2D eigenvalue weighted by atomic mass is 9.67. The van der Waals surface area contributed by atoms with Crippen LogP contribution in [-0.4, -0.2) is 53.7 Å². The second-order valence-electron chi connectivity index (χ2n) is 7.75. The van der Waals surface area contributed by atoms with Crippen molar-refractivity contribution in [3.63, 3.8) is 0 Å². The standard InChI is InChI=1S/C18H20F4N2O4/c19-14-3-12(18(20,21)22)2-1-10(14)8-27-13-6-24(7-13)15(25)11-4-17(5-11)9-28-16(26)23-17/h1-3,11,13,15,25H,4-9H2,(H,23,26). The lowest BCUT2D eigenvalue weighted by Gasteiger charge is -2.51. The number of benzene rings is 1. The van der Waals surface area contributed by atoms with Crippen molar-refractivity contribution < 1.29 is 36.9 Å². The SMILES string of the molecule is O=C1NC2(CO1)CC(C(O)N1CC(OCc3ccc(C(F)(F)F)cc3F)C1)C2. The zero-order valence-corrected chi connectivity index (χ0v) is 14.8. The van der Waals surface area contributed by atoms with Crippen LogP contribution in [-0.2, 0) is 22.3 Å². The number of likely N-dealkylation sites (tertiary alicyclic amines) is 1. The molecule has 154 valence electrons. The minimum absolute atomic E-state index is 0.0234. The molecule has 1 amide bonds. The average Bonchev–Trinajstić information content (AvgIpc) is 2.94. The Bertz CT molecular complexity index is 760. The summed E-state index contributed by atoms with van der Waals surface area (Å²) in [5.41, 5.74) is -1.33. The molecule has 2 aliphatic heterocycles. The van der Waals surface area contributed by atoms with E-state index in [4.69, 9.17) is 9.47 Å². The van der Waals surface area contributed by atoms with Gasteiger partial charge in [-0.25, -0.2) is 9.18 Å². The van der Waals surface area contributed by atoms with Gasteiger partial charge in [0.1, 0.15) is 18.7 Å². The second kappa shape index (κ2) is 6.85. The third kappa shape index (κ3) is 3.68. The van der Waals surface area contributed by atoms with Crippen molar-refractivity contribution in [2.45, 2.75) is 43.5 Å². The topological polar surface area (TPSA) is 71.0 Å². The van der Waals surface area contributed by atoms with E-state index in [0.29, 0.717) is 38.6 Å². The first-order chi connectivity index (χ1) is 13.2. The zero-order valence-electron chi connectivity index (χ0n) is 14.8. The summed E-state index contributed by atoms with van der Waals surface area (Å²) in [6.07, 6.45) is -4.62. The molecule has 0 radical (unpaired) electrons. The van der Waals surface area contributed by atoms with Gasteiger partial charge in [-0.05, 0) is 25.0 Å². The fraction of sp³-hybridized carbons (Fsp3) is 0.611. The van der Waals surface area contributed by atoms with Crippen molar-refractivity contribution in [2.24, 2.45) is 5.92 Å². The van der Waals surface area contributed by atoms with Crippen molar-refractivity contribution >= 4 is 6.09 Å². The van der Waals surface area contributed by atoms with Crippen LogP contribution in [0.4, 0.5) is 22.4 Å². The highest BCUT2D eigenvalue weighted by atomic mass is 19.4. The summed E-state index contributed by atoms with van der Waals surface area (Å²) in [7, 11) is 0. The second-order valence-corrected chi connectivity index (χ2v) is 7.75. The Morgan fingerprint density at radius 2 is 2.07 bits per heavy atom. The van der Waals surface area contributed by atoms with Gasteiger partial charge in [0.15, 0.2) is 0 Å². The number of amides is 1. The number of nitrogens with one attached hydrogen (secondary N) is 1. The molecule has 28 heavy (non-hydrogen) atoms. The summed E-state index contributed by atoms with van der Waals surface area (Å²) in [6.45, 7) is 1.10. The Labute approximate surface area is 158 Å². The Hall–Kier alpha value is -1.91. The molecule has 2 saturated heterocycles. The molecule has 3 aliphatic rings. The van der Waals surface area contributed by atoms with E-state index in [1.807, 2.05) is 4.90 Å². The molecule has 1 aliphatic carbocycles. The number of carbonyl (C=O) groups excluding carboxylic acids is 1. The molecule has 2 N–H and O–H groups in total. The Morgan fingerprint density at radius 1 is 1.36 bits per heavy atom. The predicted molar refractivity (Wildman–Crippen MR) is 87.5 cm³/mol. The number of nitrogens with zero attached hydrogens (tertiary/aromatic N) is 1. The van der Waals surface area contributed by atoms with Crippen molar-refractivity contribution in [3.8, 4) is 0 Å². The van der Waals surface area contributed by atoms with E-state index in [1.165, 1.54) is 0 Å². The molecule has 1 aromatic rings. The average molecular weight is 404 g/mol. The molecule has 1 saturated carbocycles. The fourth-order valence-electron chi connectivity index (χ4n) is 4.00. The van der Waals surface area contributed by atoms with Gasteiger partial charge in [-0.15, -0.1) is 0 Å². The monoisotopic (exact) mass is 404 g/mol. The van der Waals surface area contributed by atoms with E-state index < -0.39 is 29.9 Å². The van der Waals surface area contributed by atoms with Gasteiger partial charge >= 0.3 is 12.3 Å². The van der Waals surface area contributed by atoms with E-state index in [2.05, 4.69) is 5.32 Å². The third-order valence-electron chi connectivity index (χ3n) is 5.68. The molecular weight excluding hydrogens is 384 g/mol. The van der Waals surface area contributed by atoms with Crippen molar-refractivity contribution in [1.82, 2.24) is 10.2 Å². The minimum atomic E-state index is -4.58. The van der Waals surface area contributed by atoms with Gasteiger partial charge in [-0.2, -0.15) is 13.2 Å². The van der Waals surface area contributed by atoms with Crippen LogP contribution < -0.4 is 5.32 Å². The molecular formula is C18H20F4N2O4. The van der Waals surface area contributed by atoms with Crippen molar-refractivity contribution in [3.05, 3.63) is 35.1 Å². The van der Waals surface area contributed by atoms with E-state index in [1.54, 1.807) is 0 Å². The minimum Gasteiger partial charge on any atom is -0.447 e. The number of carbonyl (C=O) groups is 1. The first kappa shape index (κ1) is 19.4. The van der Waals surface area contributed by atoms with Crippen LogP contribution in [0.3, 0.4) is 0 Å². The zero-order chi connectivity index (χ0) is 20.1. The summed E-state index contributed by atoms with van der Waals surface area (Å²) in [4.78, 5) is 13.0. The van der Waals surface area contributed by atoms with Gasteiger partial charge in [-0.1, -0.05) is 6.07 Å². The van der Waals surface area contributed by atoms with Gasteiger partial charge in [0.05, 0.1) is 23.8 Å². The molecule has 10 heteroatoms. The van der Waals surface area contributed by atoms with Gasteiger partial charge in [0.2, 0.25) is 0 Å². The summed E-state index contributed by atoms with van der Waals surface area (Å²) in [5, 5.41) is 13.2. The maximum atomic E-state index is 13.8. The number of halogens is 4. The molecule has 1 atom stereocenters. The summed E-state index contributed by atoms with van der Waals surface area (Å²) < 4.78 is 61.9. The lowest BCUT2D eigenvalue weighted by Crippen LogP contribution is -2.64. The first-order valence-corrected chi connectivity index (χ1v) is 8.99. The van der Waals surface area contributed by atoms with Gasteiger partial charge in [-0.3, -0.25) is 4.90 Å². The molecule has 4 rings (SSSR count). The number of ether oxygens (including phenoxy) is 2. The smallest absolute Gasteiger partial charge is 0.416 e. The number of hydrogen-bond donors (Lipinski definition) is 2. The fourth-order valence-corrected chi connectivity index (χ4v) is 4.00. The van der Waals surface area contributed by atoms with Crippen molar-refractivity contribution in [1.29, 1.82) is 0 Å². The van der Waals surface area contributed by atoms with Crippen LogP contribution in [0, 0.1) is 11.7 Å². The molecule has 6 nitrogen and oxygen atoms in total. The van der Waals surface area contributed by atoms with Crippen LogP contribution in [0.15, 0.2) is 18.2 Å². The van der Waals surface area contributed by atoms with E-state index >= 15 is 0 Å². The molecule has 3 fully saturated rings. The number of aliphatic hydroxyl groups excluding tert-OH is 1. The summed E-state index contributed by atoms with van der Waals surface area (Å²) in [5.74, 6) is -0.929. The van der Waals surface area contributed by atoms with Crippen LogP contribution >= 0.6 is 0 Å². The maximum absolute atomic E-state index is 13.8. The molecule has 0 aromatic heterocycles. The number of alkyl carbamates (subject to hydrolysis) is 1. The molecule has 1 unspecified atom stereocenters. The third-order valence-corrected chi connectivity index (χ3v) is 5.68. The number of hydrogen-bond acceptors (Lipinski definition) is 5. The molecule has 2 heterocycles. The van der Waals surface area contributed by atoms with Crippen LogP contribution in [0.5, 0.6) is 0 Å². The predicted octanol–water partition coefficient (Wildman–Crippen LogP) is 2.25. The summed E-state index contributed by atoms with van der Waals surface area (Å²) in [6, 6.07) is 2.37. The Balaban J connectivity index is 1.21.